The molecule has 3 fully saturated rings. The van der Waals surface area contributed by atoms with E-state index in [1.54, 1.807) is 24.3 Å². The van der Waals surface area contributed by atoms with E-state index in [-0.39, 0.29) is 28.3 Å². The summed E-state index contributed by atoms with van der Waals surface area (Å²) in [5.74, 6) is 1.20. The minimum Gasteiger partial charge on any atom is -0.462 e. The molecule has 6 atom stereocenters. The molecule has 4 aliphatic carbocycles. The van der Waals surface area contributed by atoms with Gasteiger partial charge in [0.25, 0.3) is 0 Å². The third-order valence-corrected chi connectivity index (χ3v) is 11.7. The molecule has 7 nitrogen and oxygen atoms in total. The van der Waals surface area contributed by atoms with Gasteiger partial charge in [0.15, 0.2) is 5.43 Å². The van der Waals surface area contributed by atoms with E-state index in [2.05, 4.69) is 30.1 Å². The molecular weight excluding hydrogens is 540 g/mol. The van der Waals surface area contributed by atoms with Crippen LogP contribution in [0, 0.1) is 28.6 Å². The maximum Gasteiger partial charge on any atom is 0.367 e. The molecule has 224 valence electrons. The van der Waals surface area contributed by atoms with Crippen LogP contribution in [-0.4, -0.2) is 28.7 Å². The number of carbonyl (C=O) groups is 2. The number of H-pyrrole nitrogens is 1. The predicted molar refractivity (Wildman–Crippen MR) is 167 cm³/mol. The van der Waals surface area contributed by atoms with E-state index in [0.29, 0.717) is 51.5 Å². The Hall–Kier alpha value is -3.74. The largest absolute Gasteiger partial charge is 0.462 e. The van der Waals surface area contributed by atoms with Crippen LogP contribution in [0.3, 0.4) is 0 Å². The highest BCUT2D eigenvalue weighted by molar-refractivity contribution is 6.06. The normalized spacial score (nSPS) is 32.5. The molecule has 0 saturated heterocycles. The first-order valence-corrected chi connectivity index (χ1v) is 16.0. The first-order chi connectivity index (χ1) is 20.7. The SMILES string of the molecule is CCC(=O)OC1CCC2C3CCC4=C/C(=N\OC(=O)c5cccc6c(=O)c7ccccc7[nH]c56)CCC4(C)C3CCC12C. The third kappa shape index (κ3) is 4.46. The molecule has 3 aromatic rings. The highest BCUT2D eigenvalue weighted by Gasteiger charge is 2.59. The van der Waals surface area contributed by atoms with E-state index < -0.39 is 5.97 Å². The van der Waals surface area contributed by atoms with Crippen LogP contribution in [0.4, 0.5) is 0 Å². The number of hydrogen-bond donors (Lipinski definition) is 1. The summed E-state index contributed by atoms with van der Waals surface area (Å²) in [5, 5.41) is 5.38. The second-order valence-electron chi connectivity index (χ2n) is 13.6. The van der Waals surface area contributed by atoms with E-state index >= 15 is 0 Å². The zero-order valence-electron chi connectivity index (χ0n) is 25.3. The summed E-state index contributed by atoms with van der Waals surface area (Å²) in [6.07, 6.45) is 11.0. The quantitative estimate of drug-likeness (QED) is 0.149. The number of pyridine rings is 1. The van der Waals surface area contributed by atoms with Gasteiger partial charge in [-0.15, -0.1) is 0 Å². The van der Waals surface area contributed by atoms with Crippen molar-refractivity contribution in [2.45, 2.75) is 84.7 Å². The average Bonchev–Trinajstić information content (AvgIpc) is 3.35. The van der Waals surface area contributed by atoms with Gasteiger partial charge in [-0.3, -0.25) is 9.59 Å². The molecular formula is C36H40N2O5. The van der Waals surface area contributed by atoms with Gasteiger partial charge >= 0.3 is 11.9 Å². The smallest absolute Gasteiger partial charge is 0.367 e. The van der Waals surface area contributed by atoms with Crippen molar-refractivity contribution in [3.63, 3.8) is 0 Å². The molecule has 0 radical (unpaired) electrons. The summed E-state index contributed by atoms with van der Waals surface area (Å²) in [5.41, 5.74) is 3.74. The highest BCUT2D eigenvalue weighted by atomic mass is 16.7. The lowest BCUT2D eigenvalue weighted by Gasteiger charge is -2.58. The second kappa shape index (κ2) is 10.5. The number of allylic oxidation sites excluding steroid dienone is 2. The maximum absolute atomic E-state index is 13.2. The van der Waals surface area contributed by atoms with Crippen molar-refractivity contribution in [1.82, 2.24) is 4.98 Å². The van der Waals surface area contributed by atoms with Crippen LogP contribution in [0.15, 0.2) is 64.1 Å². The molecule has 4 aliphatic rings. The van der Waals surface area contributed by atoms with Gasteiger partial charge in [-0.2, -0.15) is 0 Å². The van der Waals surface area contributed by atoms with Crippen LogP contribution in [0.5, 0.6) is 0 Å². The monoisotopic (exact) mass is 580 g/mol. The molecule has 7 rings (SSSR count). The van der Waals surface area contributed by atoms with Crippen LogP contribution in [0.25, 0.3) is 21.8 Å². The van der Waals surface area contributed by atoms with E-state index in [1.807, 2.05) is 25.1 Å². The number of fused-ring (bicyclic) bond motifs is 7. The molecule has 1 N–H and O–H groups in total. The fourth-order valence-electron chi connectivity index (χ4n) is 9.30. The molecule has 6 unspecified atom stereocenters. The summed E-state index contributed by atoms with van der Waals surface area (Å²) >= 11 is 0. The van der Waals surface area contributed by atoms with Crippen molar-refractivity contribution in [1.29, 1.82) is 0 Å². The molecule has 1 aromatic heterocycles. The molecule has 7 heteroatoms. The Morgan fingerprint density at radius 2 is 1.77 bits per heavy atom. The van der Waals surface area contributed by atoms with Crippen molar-refractivity contribution in [3.05, 3.63) is 69.9 Å². The number of aromatic amines is 1. The lowest BCUT2D eigenvalue weighted by Crippen LogP contribution is -2.51. The van der Waals surface area contributed by atoms with E-state index in [0.717, 1.165) is 57.1 Å². The Morgan fingerprint density at radius 3 is 2.60 bits per heavy atom. The van der Waals surface area contributed by atoms with E-state index in [9.17, 15) is 14.4 Å². The Balaban J connectivity index is 1.10. The topological polar surface area (TPSA) is 97.8 Å². The van der Waals surface area contributed by atoms with Gasteiger partial charge in [-0.05, 0) is 105 Å². The minimum absolute atomic E-state index is 0.0497. The summed E-state index contributed by atoms with van der Waals surface area (Å²) in [6, 6.07) is 12.4. The lowest BCUT2D eigenvalue weighted by molar-refractivity contribution is -0.159. The standard InChI is InChI=1S/C36H40N2O5/c1-4-31(39)42-30-15-14-27-23-13-12-21-20-22(16-18-35(21,2)28(23)17-19-36(27,30)3)38-43-34(41)26-10-7-9-25-32(26)37-29-11-6-5-8-24(29)33(25)40/h5-11,20,23,27-28,30H,4,12-19H2,1-3H3,(H,37,40)/b38-22-. The number of esters is 1. The van der Waals surface area contributed by atoms with Gasteiger partial charge in [0, 0.05) is 28.1 Å². The van der Waals surface area contributed by atoms with Crippen molar-refractivity contribution in [2.75, 3.05) is 0 Å². The Morgan fingerprint density at radius 1 is 0.953 bits per heavy atom. The Kier molecular flexibility index (Phi) is 6.82. The van der Waals surface area contributed by atoms with Gasteiger partial charge in [0.2, 0.25) is 0 Å². The molecule has 43 heavy (non-hydrogen) atoms. The second-order valence-corrected chi connectivity index (χ2v) is 13.6. The molecule has 3 saturated carbocycles. The number of oxime groups is 1. The van der Waals surface area contributed by atoms with Gasteiger partial charge in [0.1, 0.15) is 6.10 Å². The predicted octanol–water partition coefficient (Wildman–Crippen LogP) is 7.48. The molecule has 0 amide bonds. The first-order valence-electron chi connectivity index (χ1n) is 16.0. The number of ether oxygens (including phenoxy) is 1. The van der Waals surface area contributed by atoms with Gasteiger partial charge in [0.05, 0.1) is 16.8 Å². The van der Waals surface area contributed by atoms with Crippen LogP contribution in [0.1, 0.15) is 88.9 Å². The number of nitrogens with zero attached hydrogens (tertiary/aromatic N) is 1. The fraction of sp³-hybridized carbons (Fsp3) is 0.500. The van der Waals surface area contributed by atoms with Crippen LogP contribution < -0.4 is 5.43 Å². The summed E-state index contributed by atoms with van der Waals surface area (Å²) in [7, 11) is 0. The van der Waals surface area contributed by atoms with Gasteiger partial charge < -0.3 is 14.6 Å². The number of carbonyl (C=O) groups excluding carboxylic acids is 2. The van der Waals surface area contributed by atoms with Crippen molar-refractivity contribution >= 4 is 39.5 Å². The summed E-state index contributed by atoms with van der Waals surface area (Å²) in [6.45, 7) is 6.68. The minimum atomic E-state index is -0.578. The maximum atomic E-state index is 13.2. The van der Waals surface area contributed by atoms with Crippen molar-refractivity contribution in [3.8, 4) is 0 Å². The van der Waals surface area contributed by atoms with E-state index in [4.69, 9.17) is 9.57 Å². The van der Waals surface area contributed by atoms with E-state index in [1.165, 1.54) is 5.57 Å². The molecule has 0 aliphatic heterocycles. The van der Waals surface area contributed by atoms with Crippen molar-refractivity contribution < 1.29 is 19.2 Å². The molecule has 0 bridgehead atoms. The van der Waals surface area contributed by atoms with Gasteiger partial charge in [-0.25, -0.2) is 4.79 Å². The number of benzene rings is 2. The zero-order valence-corrected chi connectivity index (χ0v) is 25.3. The number of para-hydroxylation sites is 2. The number of hydrogen-bond acceptors (Lipinski definition) is 6. The Labute approximate surface area is 251 Å². The lowest BCUT2D eigenvalue weighted by atomic mass is 9.47. The molecule has 0 spiro atoms. The average molecular weight is 581 g/mol. The molecule has 2 aromatic carbocycles. The van der Waals surface area contributed by atoms with Crippen molar-refractivity contribution in [2.24, 2.45) is 33.7 Å². The fourth-order valence-corrected chi connectivity index (χ4v) is 9.30. The number of aromatic nitrogens is 1. The first kappa shape index (κ1) is 28.1. The highest BCUT2D eigenvalue weighted by Crippen LogP contribution is 2.65. The summed E-state index contributed by atoms with van der Waals surface area (Å²) in [4.78, 5) is 47.2. The number of nitrogens with one attached hydrogen (secondary N) is 1. The van der Waals surface area contributed by atoms with Crippen LogP contribution in [-0.2, 0) is 14.4 Å². The summed E-state index contributed by atoms with van der Waals surface area (Å²) < 4.78 is 5.96. The Bertz CT molecular complexity index is 1750. The zero-order chi connectivity index (χ0) is 29.9. The third-order valence-electron chi connectivity index (χ3n) is 11.7. The van der Waals surface area contributed by atoms with Gasteiger partial charge in [-0.1, -0.05) is 49.7 Å². The van der Waals surface area contributed by atoms with Crippen LogP contribution >= 0.6 is 0 Å². The molecule has 1 heterocycles. The number of rotatable bonds is 4. The van der Waals surface area contributed by atoms with Crippen LogP contribution in [0.2, 0.25) is 0 Å².